The Kier molecular flexibility index (Phi) is 4.91. The molecule has 0 aliphatic heterocycles. The first-order valence-electron chi connectivity index (χ1n) is 5.44. The summed E-state index contributed by atoms with van der Waals surface area (Å²) in [6, 6.07) is 8.66. The van der Waals surface area contributed by atoms with Gasteiger partial charge in [-0.05, 0) is 24.0 Å². The molecular weight excluding hydrogens is 188 g/mol. The largest absolute Gasteiger partial charge is 0.421 e. The maximum atomic E-state index is 5.61. The molecule has 0 bridgehead atoms. The molecule has 14 heavy (non-hydrogen) atoms. The second-order valence-corrected chi connectivity index (χ2v) is 4.05. The summed E-state index contributed by atoms with van der Waals surface area (Å²) < 4.78 is 5.61. The van der Waals surface area contributed by atoms with Gasteiger partial charge in [0, 0.05) is 0 Å². The van der Waals surface area contributed by atoms with Gasteiger partial charge in [0.25, 0.3) is 0 Å². The Hall–Kier alpha value is -0.603. The van der Waals surface area contributed by atoms with Gasteiger partial charge in [-0.15, -0.1) is 0 Å². The minimum atomic E-state index is 0.324. The number of aryl methyl sites for hydroxylation is 1. The van der Waals surface area contributed by atoms with Gasteiger partial charge >= 0.3 is 0 Å². The van der Waals surface area contributed by atoms with E-state index in [2.05, 4.69) is 38.1 Å². The van der Waals surface area contributed by atoms with Crippen LogP contribution >= 0.6 is 0 Å². The van der Waals surface area contributed by atoms with Crippen molar-refractivity contribution in [1.82, 2.24) is 0 Å². The maximum Gasteiger partial charge on any atom is 0.146 e. The Bertz CT molecular complexity index is 269. The molecule has 0 fully saturated rings. The van der Waals surface area contributed by atoms with Gasteiger partial charge in [-0.1, -0.05) is 44.5 Å². The highest BCUT2D eigenvalue weighted by Gasteiger charge is 2.10. The van der Waals surface area contributed by atoms with Crippen molar-refractivity contribution in [1.29, 1.82) is 0 Å². The van der Waals surface area contributed by atoms with Crippen LogP contribution in [-0.2, 0) is 10.8 Å². The predicted octanol–water partition coefficient (Wildman–Crippen LogP) is 2.39. The van der Waals surface area contributed by atoms with Gasteiger partial charge in [0.05, 0.1) is 6.10 Å². The van der Waals surface area contributed by atoms with Gasteiger partial charge in [0.1, 0.15) is 10.5 Å². The molecule has 0 aliphatic carbocycles. The number of rotatable bonds is 5. The summed E-state index contributed by atoms with van der Waals surface area (Å²) in [6.45, 7) is 4.41. The standard InChI is InChI=1S/C12H20OSi/c1-3-7-10-8-5-6-9-11(10)12(4-2)13-14/h5-6,8-9,12H,3-4,7H2,1-2,14H3. The molecule has 0 saturated heterocycles. The zero-order chi connectivity index (χ0) is 10.4. The summed E-state index contributed by atoms with van der Waals surface area (Å²) in [6.07, 6.45) is 3.76. The molecule has 0 radical (unpaired) electrons. The molecule has 0 N–H and O–H groups in total. The number of hydrogen-bond acceptors (Lipinski definition) is 1. The molecule has 0 aromatic heterocycles. The van der Waals surface area contributed by atoms with E-state index < -0.39 is 0 Å². The fourth-order valence-corrected chi connectivity index (χ4v) is 2.45. The van der Waals surface area contributed by atoms with Gasteiger partial charge in [-0.25, -0.2) is 0 Å². The topological polar surface area (TPSA) is 9.23 Å². The van der Waals surface area contributed by atoms with Crippen LogP contribution in [0.15, 0.2) is 24.3 Å². The van der Waals surface area contributed by atoms with Crippen LogP contribution in [0.25, 0.3) is 0 Å². The quantitative estimate of drug-likeness (QED) is 0.675. The summed E-state index contributed by atoms with van der Waals surface area (Å²) in [5, 5.41) is 0. The van der Waals surface area contributed by atoms with Crippen molar-refractivity contribution in [2.75, 3.05) is 0 Å². The third-order valence-corrected chi connectivity index (χ3v) is 3.15. The van der Waals surface area contributed by atoms with Crippen LogP contribution in [0, 0.1) is 0 Å². The predicted molar refractivity (Wildman–Crippen MR) is 64.5 cm³/mol. The highest BCUT2D eigenvalue weighted by Crippen LogP contribution is 2.24. The monoisotopic (exact) mass is 208 g/mol. The zero-order valence-electron chi connectivity index (χ0n) is 9.42. The van der Waals surface area contributed by atoms with Crippen LogP contribution in [0.5, 0.6) is 0 Å². The highest BCUT2D eigenvalue weighted by atomic mass is 28.2. The van der Waals surface area contributed by atoms with Gasteiger partial charge < -0.3 is 4.43 Å². The summed E-state index contributed by atoms with van der Waals surface area (Å²) in [5.41, 5.74) is 2.85. The lowest BCUT2D eigenvalue weighted by Crippen LogP contribution is -2.04. The molecule has 78 valence electrons. The van der Waals surface area contributed by atoms with Crippen molar-refractivity contribution in [2.45, 2.75) is 39.2 Å². The van der Waals surface area contributed by atoms with Crippen LogP contribution < -0.4 is 0 Å². The summed E-state index contributed by atoms with van der Waals surface area (Å²) >= 11 is 0. The van der Waals surface area contributed by atoms with Crippen LogP contribution in [0.2, 0.25) is 0 Å². The molecule has 0 aliphatic rings. The Balaban J connectivity index is 2.92. The molecule has 2 heteroatoms. The average molecular weight is 208 g/mol. The third-order valence-electron chi connectivity index (χ3n) is 2.58. The maximum absolute atomic E-state index is 5.61. The zero-order valence-corrected chi connectivity index (χ0v) is 11.4. The summed E-state index contributed by atoms with van der Waals surface area (Å²) in [5.74, 6) is 0. The van der Waals surface area contributed by atoms with E-state index >= 15 is 0 Å². The fourth-order valence-electron chi connectivity index (χ4n) is 1.86. The second-order valence-electron chi connectivity index (χ2n) is 3.58. The molecular formula is C12H20OSi. The lowest BCUT2D eigenvalue weighted by molar-refractivity contribution is 0.221. The second kappa shape index (κ2) is 5.99. The van der Waals surface area contributed by atoms with Gasteiger partial charge in [-0.3, -0.25) is 0 Å². The summed E-state index contributed by atoms with van der Waals surface area (Å²) in [7, 11) is 0.819. The lowest BCUT2D eigenvalue weighted by atomic mass is 9.98. The van der Waals surface area contributed by atoms with Gasteiger partial charge in [-0.2, -0.15) is 0 Å². The first kappa shape index (κ1) is 11.5. The van der Waals surface area contributed by atoms with E-state index in [1.54, 1.807) is 0 Å². The van der Waals surface area contributed by atoms with Crippen LogP contribution in [0.4, 0.5) is 0 Å². The fraction of sp³-hybridized carbons (Fsp3) is 0.500. The van der Waals surface area contributed by atoms with E-state index in [1.165, 1.54) is 17.5 Å². The Morgan fingerprint density at radius 1 is 1.29 bits per heavy atom. The van der Waals surface area contributed by atoms with Gasteiger partial charge in [0.2, 0.25) is 0 Å². The van der Waals surface area contributed by atoms with Crippen LogP contribution in [-0.4, -0.2) is 10.5 Å². The van der Waals surface area contributed by atoms with E-state index in [-0.39, 0.29) is 0 Å². The molecule has 0 spiro atoms. The van der Waals surface area contributed by atoms with E-state index in [9.17, 15) is 0 Å². The average Bonchev–Trinajstić information content (AvgIpc) is 2.23. The minimum absolute atomic E-state index is 0.324. The van der Waals surface area contributed by atoms with E-state index in [4.69, 9.17) is 4.43 Å². The molecule has 1 rings (SSSR count). The Morgan fingerprint density at radius 2 is 2.00 bits per heavy atom. The minimum Gasteiger partial charge on any atom is -0.421 e. The normalized spacial score (nSPS) is 13.0. The van der Waals surface area contributed by atoms with Crippen molar-refractivity contribution >= 4 is 10.5 Å². The van der Waals surface area contributed by atoms with E-state index in [0.717, 1.165) is 23.3 Å². The SMILES string of the molecule is CCCc1ccccc1C(CC)O[SiH3]. The number of benzene rings is 1. The molecule has 1 atom stereocenters. The summed E-state index contributed by atoms with van der Waals surface area (Å²) in [4.78, 5) is 0. The third kappa shape index (κ3) is 2.69. The molecule has 0 amide bonds. The van der Waals surface area contributed by atoms with Crippen LogP contribution in [0.1, 0.15) is 43.9 Å². The van der Waals surface area contributed by atoms with Crippen molar-refractivity contribution in [3.05, 3.63) is 35.4 Å². The molecule has 1 aromatic carbocycles. The van der Waals surface area contributed by atoms with E-state index in [1.807, 2.05) is 0 Å². The first-order valence-corrected chi connectivity index (χ1v) is 6.25. The Labute approximate surface area is 90.0 Å². The van der Waals surface area contributed by atoms with Crippen molar-refractivity contribution in [3.63, 3.8) is 0 Å². The van der Waals surface area contributed by atoms with Crippen molar-refractivity contribution < 1.29 is 4.43 Å². The lowest BCUT2D eigenvalue weighted by Gasteiger charge is -2.17. The van der Waals surface area contributed by atoms with Crippen molar-refractivity contribution in [2.24, 2.45) is 0 Å². The van der Waals surface area contributed by atoms with E-state index in [0.29, 0.717) is 6.10 Å². The highest BCUT2D eigenvalue weighted by molar-refractivity contribution is 5.98. The molecule has 1 unspecified atom stereocenters. The Morgan fingerprint density at radius 3 is 2.57 bits per heavy atom. The van der Waals surface area contributed by atoms with Crippen molar-refractivity contribution in [3.8, 4) is 0 Å². The molecule has 0 saturated carbocycles. The first-order chi connectivity index (χ1) is 6.83. The number of hydrogen-bond donors (Lipinski definition) is 0. The molecule has 1 aromatic rings. The van der Waals surface area contributed by atoms with Crippen LogP contribution in [0.3, 0.4) is 0 Å². The molecule has 1 nitrogen and oxygen atoms in total. The smallest absolute Gasteiger partial charge is 0.146 e. The van der Waals surface area contributed by atoms with Gasteiger partial charge in [0.15, 0.2) is 0 Å². The molecule has 0 heterocycles.